The molecule has 296 valence electrons. The van der Waals surface area contributed by atoms with Gasteiger partial charge in [0.1, 0.15) is 25.4 Å². The summed E-state index contributed by atoms with van der Waals surface area (Å²) in [7, 11) is 0. The van der Waals surface area contributed by atoms with Crippen LogP contribution in [0.3, 0.4) is 0 Å². The fraction of sp³-hybridized carbons (Fsp3) is 0.103. The highest BCUT2D eigenvalue weighted by atomic mass is 16.6. The van der Waals surface area contributed by atoms with Crippen LogP contribution in [0.15, 0.2) is 115 Å². The van der Waals surface area contributed by atoms with Crippen LogP contribution in [0, 0.1) is 20.2 Å². The van der Waals surface area contributed by atoms with Gasteiger partial charge in [-0.3, -0.25) is 41.0 Å². The number of nitrogens with zero attached hydrogens (tertiary/aromatic N) is 2. The monoisotopic (exact) mass is 792 g/mol. The summed E-state index contributed by atoms with van der Waals surface area (Å²) in [6.07, 6.45) is -2.65. The first-order valence-corrected chi connectivity index (χ1v) is 16.9. The number of carboxylic acids is 1. The minimum atomic E-state index is -1.59. The summed E-state index contributed by atoms with van der Waals surface area (Å²) in [6, 6.07) is 28.3. The lowest BCUT2D eigenvalue weighted by Gasteiger charge is -2.15. The second kappa shape index (κ2) is 19.3. The van der Waals surface area contributed by atoms with Crippen LogP contribution in [0.4, 0.5) is 48.5 Å². The molecule has 58 heavy (non-hydrogen) atoms. The Balaban J connectivity index is 1.21. The lowest BCUT2D eigenvalue weighted by molar-refractivity contribution is -0.385. The molecule has 0 saturated carbocycles. The maximum absolute atomic E-state index is 12.9. The maximum Gasteiger partial charge on any atom is 0.411 e. The highest BCUT2D eigenvalue weighted by Gasteiger charge is 2.21. The average molecular weight is 793 g/mol. The van der Waals surface area contributed by atoms with Crippen LogP contribution < -0.4 is 21.3 Å². The van der Waals surface area contributed by atoms with Crippen molar-refractivity contribution in [1.82, 2.24) is 0 Å². The summed E-state index contributed by atoms with van der Waals surface area (Å²) in [5, 5.41) is 41.5. The number of benzene rings is 5. The van der Waals surface area contributed by atoms with Gasteiger partial charge in [-0.05, 0) is 65.2 Å². The SMILES string of the molecule is O=C(Cc1ccccc1)Nc1ccc(COC(=O)Nc2ccc(COC(=O)Nc3ccc([N+](=O)[O-])cc3)cc2COC(=O)Nc2ccc([N+](=O)[O-])c(C(=O)O)c2)cc1. The second-order valence-electron chi connectivity index (χ2n) is 12.1. The molecule has 5 aromatic carbocycles. The Labute approximate surface area is 327 Å². The van der Waals surface area contributed by atoms with E-state index in [1.165, 1.54) is 42.5 Å². The third-order valence-electron chi connectivity index (χ3n) is 7.94. The molecule has 0 heterocycles. The molecule has 0 aliphatic carbocycles. The summed E-state index contributed by atoms with van der Waals surface area (Å²) < 4.78 is 15.9. The third kappa shape index (κ3) is 12.1. The molecule has 5 rings (SSSR count). The highest BCUT2D eigenvalue weighted by Crippen LogP contribution is 2.24. The molecule has 0 fully saturated rings. The van der Waals surface area contributed by atoms with E-state index in [1.807, 2.05) is 30.3 Å². The Morgan fingerprint density at radius 2 is 1.10 bits per heavy atom. The molecule has 0 aliphatic rings. The number of carboxylic acid groups (broad SMARTS) is 1. The van der Waals surface area contributed by atoms with Gasteiger partial charge in [0.2, 0.25) is 5.91 Å². The van der Waals surface area contributed by atoms with E-state index in [0.717, 1.165) is 23.8 Å². The van der Waals surface area contributed by atoms with Crippen LogP contribution in [0.25, 0.3) is 0 Å². The van der Waals surface area contributed by atoms with Crippen LogP contribution in [0.5, 0.6) is 0 Å². The third-order valence-corrected chi connectivity index (χ3v) is 7.94. The molecule has 0 atom stereocenters. The zero-order chi connectivity index (χ0) is 41.6. The molecule has 0 unspecified atom stereocenters. The lowest BCUT2D eigenvalue weighted by Crippen LogP contribution is -2.18. The average Bonchev–Trinajstić information content (AvgIpc) is 3.20. The van der Waals surface area contributed by atoms with Crippen LogP contribution >= 0.6 is 0 Å². The van der Waals surface area contributed by atoms with Gasteiger partial charge in [-0.15, -0.1) is 0 Å². The molecule has 0 saturated heterocycles. The van der Waals surface area contributed by atoms with Gasteiger partial charge in [-0.2, -0.15) is 0 Å². The number of carbonyl (C=O) groups is 5. The first-order valence-electron chi connectivity index (χ1n) is 16.9. The number of nitro groups is 2. The van der Waals surface area contributed by atoms with Gasteiger partial charge in [-0.25, -0.2) is 19.2 Å². The van der Waals surface area contributed by atoms with E-state index in [0.29, 0.717) is 16.8 Å². The normalized spacial score (nSPS) is 10.3. The van der Waals surface area contributed by atoms with Crippen LogP contribution in [0.2, 0.25) is 0 Å². The van der Waals surface area contributed by atoms with Crippen LogP contribution in [0.1, 0.15) is 32.6 Å². The number of hydrogen-bond acceptors (Lipinski definition) is 12. The van der Waals surface area contributed by atoms with E-state index >= 15 is 0 Å². The van der Waals surface area contributed by atoms with Gasteiger partial charge in [0, 0.05) is 40.8 Å². The van der Waals surface area contributed by atoms with Crippen molar-refractivity contribution < 1.29 is 53.1 Å². The fourth-order valence-corrected chi connectivity index (χ4v) is 5.15. The molecular weight excluding hydrogens is 760 g/mol. The van der Waals surface area contributed by atoms with E-state index in [-0.39, 0.29) is 53.9 Å². The molecule has 5 aromatic rings. The molecule has 19 heteroatoms. The van der Waals surface area contributed by atoms with Crippen molar-refractivity contribution in [3.05, 3.63) is 163 Å². The van der Waals surface area contributed by atoms with E-state index in [1.54, 1.807) is 24.3 Å². The second-order valence-corrected chi connectivity index (χ2v) is 12.1. The molecule has 0 aliphatic heterocycles. The number of nitro benzene ring substituents is 2. The van der Waals surface area contributed by atoms with Gasteiger partial charge in [-0.1, -0.05) is 48.5 Å². The van der Waals surface area contributed by atoms with Crippen molar-refractivity contribution in [2.24, 2.45) is 0 Å². The molecule has 4 amide bonds. The van der Waals surface area contributed by atoms with Crippen molar-refractivity contribution in [2.45, 2.75) is 26.2 Å². The number of nitrogens with one attached hydrogen (secondary N) is 4. The van der Waals surface area contributed by atoms with E-state index in [2.05, 4.69) is 21.3 Å². The Bertz CT molecular complexity index is 2340. The highest BCUT2D eigenvalue weighted by molar-refractivity contribution is 5.95. The number of hydrogen-bond donors (Lipinski definition) is 5. The topological polar surface area (TPSA) is 268 Å². The van der Waals surface area contributed by atoms with Crippen molar-refractivity contribution in [2.75, 3.05) is 21.3 Å². The molecule has 0 aromatic heterocycles. The number of carbonyl (C=O) groups excluding carboxylic acids is 4. The molecule has 0 radical (unpaired) electrons. The van der Waals surface area contributed by atoms with Gasteiger partial charge in [0.05, 0.1) is 22.0 Å². The molecule has 5 N–H and O–H groups in total. The maximum atomic E-state index is 12.9. The number of rotatable bonds is 15. The van der Waals surface area contributed by atoms with Gasteiger partial charge >= 0.3 is 24.2 Å². The van der Waals surface area contributed by atoms with Crippen LogP contribution in [-0.4, -0.2) is 45.1 Å². The quantitative estimate of drug-likeness (QED) is 0.0388. The largest absolute Gasteiger partial charge is 0.477 e. The Morgan fingerprint density at radius 1 is 0.552 bits per heavy atom. The number of aromatic carboxylic acids is 1. The van der Waals surface area contributed by atoms with Crippen molar-refractivity contribution in [3.63, 3.8) is 0 Å². The standard InChI is InChI=1S/C39H32N6O13/c46-35(19-24-4-2-1-3-5-24)40-28-9-6-25(7-10-28)21-56-39(51)43-33-16-8-26(22-57-37(49)41-29-11-14-31(15-12-29)44(52)53)18-27(33)23-58-38(50)42-30-13-17-34(45(54)55)32(20-30)36(47)48/h1-18,20H,19,21-23H2,(H,40,46)(H,41,49)(H,42,50)(H,43,51)(H,47,48). The molecular formula is C39H32N6O13. The summed E-state index contributed by atoms with van der Waals surface area (Å²) in [6.45, 7) is -0.936. The van der Waals surface area contributed by atoms with Gasteiger partial charge in [0.25, 0.3) is 11.4 Å². The molecule has 0 bridgehead atoms. The van der Waals surface area contributed by atoms with E-state index in [4.69, 9.17) is 14.2 Å². The first-order chi connectivity index (χ1) is 27.8. The fourth-order valence-electron chi connectivity index (χ4n) is 5.15. The summed E-state index contributed by atoms with van der Waals surface area (Å²) in [5.41, 5.74) is 1.33. The smallest absolute Gasteiger partial charge is 0.411 e. The summed E-state index contributed by atoms with van der Waals surface area (Å²) in [5.74, 6) is -1.79. The van der Waals surface area contributed by atoms with Gasteiger partial charge < -0.3 is 24.6 Å². The minimum Gasteiger partial charge on any atom is -0.477 e. The summed E-state index contributed by atoms with van der Waals surface area (Å²) in [4.78, 5) is 82.5. The first kappa shape index (κ1) is 40.8. The minimum absolute atomic E-state index is 0.112. The van der Waals surface area contributed by atoms with Crippen molar-refractivity contribution in [3.8, 4) is 0 Å². The predicted octanol–water partition coefficient (Wildman–Crippen LogP) is 7.63. The van der Waals surface area contributed by atoms with E-state index in [9.17, 15) is 49.3 Å². The zero-order valence-electron chi connectivity index (χ0n) is 30.0. The predicted molar refractivity (Wildman–Crippen MR) is 206 cm³/mol. The number of amides is 4. The Hall–Kier alpha value is -8.35. The van der Waals surface area contributed by atoms with Gasteiger partial charge in [0.15, 0.2) is 0 Å². The number of ether oxygens (including phenoxy) is 3. The van der Waals surface area contributed by atoms with Crippen molar-refractivity contribution in [1.29, 1.82) is 0 Å². The van der Waals surface area contributed by atoms with Crippen molar-refractivity contribution >= 4 is 64.3 Å². The Morgan fingerprint density at radius 3 is 1.74 bits per heavy atom. The number of non-ortho nitro benzene ring substituents is 1. The molecule has 0 spiro atoms. The van der Waals surface area contributed by atoms with E-state index < -0.39 is 52.0 Å². The zero-order valence-corrected chi connectivity index (χ0v) is 30.0. The summed E-state index contributed by atoms with van der Waals surface area (Å²) >= 11 is 0. The number of anilines is 4. The molecule has 19 nitrogen and oxygen atoms in total. The lowest BCUT2D eigenvalue weighted by atomic mass is 10.1. The Kier molecular flexibility index (Phi) is 13.6. The van der Waals surface area contributed by atoms with Crippen LogP contribution in [-0.2, 0) is 45.2 Å².